The Kier molecular flexibility index (Phi) is 7.44. The van der Waals surface area contributed by atoms with E-state index in [-0.39, 0.29) is 17.9 Å². The maximum atomic E-state index is 12.5. The number of nitriles is 1. The summed E-state index contributed by atoms with van der Waals surface area (Å²) in [6.07, 6.45) is 2.94. The molecule has 7 nitrogen and oxygen atoms in total. The zero-order chi connectivity index (χ0) is 22.9. The number of nitrogens with one attached hydrogen (secondary N) is 1. The highest BCUT2D eigenvalue weighted by atomic mass is 16.6. The Bertz CT molecular complexity index is 1160. The lowest BCUT2D eigenvalue weighted by molar-refractivity contribution is -0.117. The normalized spacial score (nSPS) is 10.8. The number of esters is 1. The quantitative estimate of drug-likeness (QED) is 0.246. The smallest absolute Gasteiger partial charge is 0.343 e. The number of amides is 1. The van der Waals surface area contributed by atoms with Gasteiger partial charge in [-0.2, -0.15) is 5.26 Å². The number of furan rings is 1. The number of ether oxygens (including phenoxy) is 2. The van der Waals surface area contributed by atoms with Crippen LogP contribution in [0.1, 0.15) is 34.2 Å². The summed E-state index contributed by atoms with van der Waals surface area (Å²) in [6, 6.07) is 17.2. The van der Waals surface area contributed by atoms with Crippen molar-refractivity contribution in [2.24, 2.45) is 0 Å². The zero-order valence-electron chi connectivity index (χ0n) is 17.8. The molecular formula is C25H22N2O5. The monoisotopic (exact) mass is 430 g/mol. The Balaban J connectivity index is 1.77. The summed E-state index contributed by atoms with van der Waals surface area (Å²) in [4.78, 5) is 24.8. The average molecular weight is 430 g/mol. The highest BCUT2D eigenvalue weighted by Gasteiger charge is 2.15. The first-order chi connectivity index (χ1) is 15.5. The van der Waals surface area contributed by atoms with Crippen molar-refractivity contribution in [3.05, 3.63) is 88.9 Å². The third-order valence-electron chi connectivity index (χ3n) is 4.44. The predicted molar refractivity (Wildman–Crippen MR) is 118 cm³/mol. The number of hydrogen-bond donors (Lipinski definition) is 1. The number of hydrogen-bond acceptors (Lipinski definition) is 6. The molecule has 0 saturated heterocycles. The summed E-state index contributed by atoms with van der Waals surface area (Å²) >= 11 is 0. The van der Waals surface area contributed by atoms with Crippen LogP contribution in [0.2, 0.25) is 0 Å². The molecule has 0 aliphatic heterocycles. The van der Waals surface area contributed by atoms with Crippen LogP contribution < -0.4 is 14.8 Å². The van der Waals surface area contributed by atoms with Gasteiger partial charge in [-0.05, 0) is 61.9 Å². The molecule has 0 saturated carbocycles. The first-order valence-corrected chi connectivity index (χ1v) is 9.98. The van der Waals surface area contributed by atoms with Crippen LogP contribution in [-0.2, 0) is 11.3 Å². The van der Waals surface area contributed by atoms with Crippen molar-refractivity contribution in [2.75, 3.05) is 6.61 Å². The lowest BCUT2D eigenvalue weighted by atomic mass is 10.1. The number of aryl methyl sites for hydroxylation is 1. The molecule has 3 aromatic rings. The minimum absolute atomic E-state index is 0.0802. The van der Waals surface area contributed by atoms with Crippen molar-refractivity contribution >= 4 is 18.0 Å². The van der Waals surface area contributed by atoms with Gasteiger partial charge >= 0.3 is 5.97 Å². The maximum absolute atomic E-state index is 12.5. The molecule has 0 radical (unpaired) electrons. The van der Waals surface area contributed by atoms with Gasteiger partial charge in [0.2, 0.25) is 0 Å². The van der Waals surface area contributed by atoms with Gasteiger partial charge in [-0.1, -0.05) is 23.8 Å². The molecule has 1 heterocycles. The highest BCUT2D eigenvalue weighted by Crippen LogP contribution is 2.30. The van der Waals surface area contributed by atoms with E-state index in [1.807, 2.05) is 25.1 Å². The van der Waals surface area contributed by atoms with Crippen molar-refractivity contribution in [1.29, 1.82) is 5.26 Å². The van der Waals surface area contributed by atoms with E-state index in [0.717, 1.165) is 5.56 Å². The summed E-state index contributed by atoms with van der Waals surface area (Å²) in [5.41, 5.74) is 1.92. The Morgan fingerprint density at radius 3 is 2.56 bits per heavy atom. The molecule has 3 rings (SSSR count). The zero-order valence-corrected chi connectivity index (χ0v) is 17.8. The van der Waals surface area contributed by atoms with Gasteiger partial charge in [-0.15, -0.1) is 0 Å². The molecule has 1 amide bonds. The molecule has 1 N–H and O–H groups in total. The van der Waals surface area contributed by atoms with Gasteiger partial charge in [0.15, 0.2) is 11.5 Å². The second-order valence-corrected chi connectivity index (χ2v) is 6.83. The van der Waals surface area contributed by atoms with E-state index in [1.165, 1.54) is 12.3 Å². The van der Waals surface area contributed by atoms with Crippen LogP contribution in [0.5, 0.6) is 11.5 Å². The minimum atomic E-state index is -0.531. The molecule has 0 fully saturated rings. The SMILES string of the molecule is CCOc1cc(/C=C(\C#N)C(=O)NCc2ccco2)ccc1OC(=O)c1ccc(C)cc1. The Hall–Kier alpha value is -4.31. The molecule has 32 heavy (non-hydrogen) atoms. The van der Waals surface area contributed by atoms with Crippen molar-refractivity contribution in [1.82, 2.24) is 5.32 Å². The van der Waals surface area contributed by atoms with Gasteiger partial charge in [-0.3, -0.25) is 4.79 Å². The maximum Gasteiger partial charge on any atom is 0.343 e. The van der Waals surface area contributed by atoms with Gasteiger partial charge < -0.3 is 19.2 Å². The van der Waals surface area contributed by atoms with Crippen molar-refractivity contribution in [2.45, 2.75) is 20.4 Å². The predicted octanol–water partition coefficient (Wildman–Crippen LogP) is 4.43. The largest absolute Gasteiger partial charge is 0.490 e. The van der Waals surface area contributed by atoms with Crippen LogP contribution in [0.4, 0.5) is 0 Å². The summed E-state index contributed by atoms with van der Waals surface area (Å²) in [5, 5.41) is 12.0. The summed E-state index contributed by atoms with van der Waals surface area (Å²) in [7, 11) is 0. The summed E-state index contributed by atoms with van der Waals surface area (Å²) in [5.74, 6) is 0.111. The first-order valence-electron chi connectivity index (χ1n) is 9.98. The van der Waals surface area contributed by atoms with E-state index in [1.54, 1.807) is 49.4 Å². The molecule has 0 aliphatic carbocycles. The van der Waals surface area contributed by atoms with Gasteiger partial charge in [0.05, 0.1) is 25.0 Å². The van der Waals surface area contributed by atoms with E-state index in [9.17, 15) is 14.9 Å². The molecule has 0 aliphatic rings. The lowest BCUT2D eigenvalue weighted by Crippen LogP contribution is -2.23. The van der Waals surface area contributed by atoms with Gasteiger partial charge in [0.1, 0.15) is 17.4 Å². The molecule has 0 bridgehead atoms. The molecule has 0 spiro atoms. The van der Waals surface area contributed by atoms with Crippen LogP contribution in [0.15, 0.2) is 70.9 Å². The summed E-state index contributed by atoms with van der Waals surface area (Å²) < 4.78 is 16.3. The van der Waals surface area contributed by atoms with Crippen LogP contribution in [-0.4, -0.2) is 18.5 Å². The first kappa shape index (κ1) is 22.4. The minimum Gasteiger partial charge on any atom is -0.490 e. The number of carbonyl (C=O) groups is 2. The molecule has 1 aromatic heterocycles. The summed E-state index contributed by atoms with van der Waals surface area (Å²) in [6.45, 7) is 4.25. The second-order valence-electron chi connectivity index (χ2n) is 6.83. The van der Waals surface area contributed by atoms with E-state index in [4.69, 9.17) is 13.9 Å². The van der Waals surface area contributed by atoms with Gasteiger partial charge in [0, 0.05) is 0 Å². The Morgan fingerprint density at radius 1 is 1.12 bits per heavy atom. The number of rotatable bonds is 8. The van der Waals surface area contributed by atoms with Gasteiger partial charge in [0.25, 0.3) is 5.91 Å². The molecule has 0 unspecified atom stereocenters. The van der Waals surface area contributed by atoms with E-state index >= 15 is 0 Å². The number of carbonyl (C=O) groups excluding carboxylic acids is 2. The van der Waals surface area contributed by atoms with E-state index < -0.39 is 11.9 Å². The van der Waals surface area contributed by atoms with Crippen LogP contribution in [0.25, 0.3) is 6.08 Å². The van der Waals surface area contributed by atoms with Crippen LogP contribution in [0.3, 0.4) is 0 Å². The third kappa shape index (κ3) is 5.86. The highest BCUT2D eigenvalue weighted by molar-refractivity contribution is 6.01. The fraction of sp³-hybridized carbons (Fsp3) is 0.160. The lowest BCUT2D eigenvalue weighted by Gasteiger charge is -2.12. The van der Waals surface area contributed by atoms with Crippen molar-refractivity contribution < 1.29 is 23.5 Å². The van der Waals surface area contributed by atoms with Crippen LogP contribution in [0, 0.1) is 18.3 Å². The molecule has 162 valence electrons. The average Bonchev–Trinajstić information content (AvgIpc) is 3.31. The Labute approximate surface area is 185 Å². The fourth-order valence-corrected chi connectivity index (χ4v) is 2.81. The topological polar surface area (TPSA) is 102 Å². The number of nitrogens with zero attached hydrogens (tertiary/aromatic N) is 1. The van der Waals surface area contributed by atoms with Crippen molar-refractivity contribution in [3.63, 3.8) is 0 Å². The van der Waals surface area contributed by atoms with Crippen molar-refractivity contribution in [3.8, 4) is 17.6 Å². The molecule has 2 aromatic carbocycles. The standard InChI is InChI=1S/C25H22N2O5/c1-3-30-23-14-18(13-20(15-26)24(28)27-16-21-5-4-12-31-21)8-11-22(23)32-25(29)19-9-6-17(2)7-10-19/h4-14H,3,16H2,1-2H3,(H,27,28)/b20-13+. The van der Waals surface area contributed by atoms with Crippen LogP contribution >= 0.6 is 0 Å². The molecular weight excluding hydrogens is 408 g/mol. The molecule has 7 heteroatoms. The van der Waals surface area contributed by atoms with E-state index in [2.05, 4.69) is 5.32 Å². The third-order valence-corrected chi connectivity index (χ3v) is 4.44. The van der Waals surface area contributed by atoms with Gasteiger partial charge in [-0.25, -0.2) is 4.79 Å². The fourth-order valence-electron chi connectivity index (χ4n) is 2.81. The second kappa shape index (κ2) is 10.6. The van der Waals surface area contributed by atoms with E-state index in [0.29, 0.717) is 29.2 Å². The molecule has 0 atom stereocenters. The Morgan fingerprint density at radius 2 is 1.91 bits per heavy atom. The number of benzene rings is 2.